The zero-order valence-corrected chi connectivity index (χ0v) is 9.50. The van der Waals surface area contributed by atoms with E-state index in [2.05, 4.69) is 5.32 Å². The first-order valence-electron chi connectivity index (χ1n) is 5.83. The second-order valence-electron chi connectivity index (χ2n) is 4.15. The Morgan fingerprint density at radius 3 is 2.87 bits per heavy atom. The smallest absolute Gasteiger partial charge is 0.224 e. The minimum Gasteiger partial charge on any atom is -0.379 e. The quantitative estimate of drug-likeness (QED) is 0.579. The van der Waals surface area contributed by atoms with Crippen LogP contribution >= 0.6 is 0 Å². The molecule has 1 aliphatic rings. The molecule has 3 N–H and O–H groups in total. The molecule has 0 radical (unpaired) electrons. The Balaban J connectivity index is 1.94. The summed E-state index contributed by atoms with van der Waals surface area (Å²) in [7, 11) is 0. The first-order chi connectivity index (χ1) is 7.27. The Kier molecular flexibility index (Phi) is 5.65. The number of nitrogens with one attached hydrogen (secondary N) is 1. The zero-order valence-electron chi connectivity index (χ0n) is 9.50. The summed E-state index contributed by atoms with van der Waals surface area (Å²) in [4.78, 5) is 11.5. The summed E-state index contributed by atoms with van der Waals surface area (Å²) in [5.74, 6) is 0.789. The number of rotatable bonds is 8. The third-order valence-electron chi connectivity index (χ3n) is 2.74. The highest BCUT2D eigenvalue weighted by Crippen LogP contribution is 2.28. The van der Waals surface area contributed by atoms with Crippen molar-refractivity contribution in [1.82, 2.24) is 5.32 Å². The molecule has 1 saturated carbocycles. The van der Waals surface area contributed by atoms with Gasteiger partial charge in [-0.25, -0.2) is 0 Å². The molecule has 15 heavy (non-hydrogen) atoms. The van der Waals surface area contributed by atoms with Crippen molar-refractivity contribution in [3.8, 4) is 0 Å². The van der Waals surface area contributed by atoms with Crippen molar-refractivity contribution in [2.24, 2.45) is 17.6 Å². The molecule has 1 unspecified atom stereocenters. The van der Waals surface area contributed by atoms with Gasteiger partial charge < -0.3 is 15.8 Å². The summed E-state index contributed by atoms with van der Waals surface area (Å²) < 4.78 is 5.41. The number of hydrogen-bond donors (Lipinski definition) is 2. The molecule has 0 aromatic carbocycles. The molecular weight excluding hydrogens is 192 g/mol. The first kappa shape index (κ1) is 12.5. The van der Waals surface area contributed by atoms with Crippen molar-refractivity contribution >= 4 is 5.91 Å². The lowest BCUT2D eigenvalue weighted by molar-refractivity contribution is -0.125. The van der Waals surface area contributed by atoms with Crippen molar-refractivity contribution in [1.29, 1.82) is 0 Å². The van der Waals surface area contributed by atoms with Gasteiger partial charge in [-0.1, -0.05) is 6.92 Å². The van der Waals surface area contributed by atoms with E-state index in [1.807, 2.05) is 6.92 Å². The maximum atomic E-state index is 11.5. The van der Waals surface area contributed by atoms with Crippen LogP contribution in [0.5, 0.6) is 0 Å². The summed E-state index contributed by atoms with van der Waals surface area (Å²) in [6.07, 6.45) is 3.40. The lowest BCUT2D eigenvalue weighted by Crippen LogP contribution is -2.36. The van der Waals surface area contributed by atoms with Crippen molar-refractivity contribution < 1.29 is 9.53 Å². The summed E-state index contributed by atoms with van der Waals surface area (Å²) in [5, 5.41) is 2.83. The van der Waals surface area contributed by atoms with Crippen LogP contribution in [0.1, 0.15) is 26.2 Å². The number of ether oxygens (including phenoxy) is 1. The van der Waals surface area contributed by atoms with Gasteiger partial charge >= 0.3 is 0 Å². The third-order valence-corrected chi connectivity index (χ3v) is 2.74. The van der Waals surface area contributed by atoms with E-state index in [0.29, 0.717) is 19.7 Å². The predicted octanol–water partition coefficient (Wildman–Crippen LogP) is 0.514. The van der Waals surface area contributed by atoms with E-state index in [0.717, 1.165) is 18.9 Å². The van der Waals surface area contributed by atoms with E-state index in [4.69, 9.17) is 10.5 Å². The van der Waals surface area contributed by atoms with Gasteiger partial charge in [0.05, 0.1) is 6.61 Å². The van der Waals surface area contributed by atoms with Crippen LogP contribution in [0, 0.1) is 11.8 Å². The summed E-state index contributed by atoms with van der Waals surface area (Å²) in [6, 6.07) is 0. The fourth-order valence-electron chi connectivity index (χ4n) is 1.38. The van der Waals surface area contributed by atoms with Gasteiger partial charge in [0.15, 0.2) is 0 Å². The molecule has 1 rings (SSSR count). The molecule has 1 atom stereocenters. The van der Waals surface area contributed by atoms with E-state index >= 15 is 0 Å². The van der Waals surface area contributed by atoms with Crippen LogP contribution < -0.4 is 11.1 Å². The summed E-state index contributed by atoms with van der Waals surface area (Å²) in [6.45, 7) is 4.46. The van der Waals surface area contributed by atoms with E-state index in [-0.39, 0.29) is 11.8 Å². The Hall–Kier alpha value is -0.610. The highest BCUT2D eigenvalue weighted by atomic mass is 16.5. The number of carbonyl (C=O) groups is 1. The van der Waals surface area contributed by atoms with Gasteiger partial charge in [0, 0.05) is 25.6 Å². The maximum Gasteiger partial charge on any atom is 0.224 e. The second kappa shape index (κ2) is 6.80. The van der Waals surface area contributed by atoms with Gasteiger partial charge in [-0.05, 0) is 25.2 Å². The summed E-state index contributed by atoms with van der Waals surface area (Å²) in [5.41, 5.74) is 5.47. The van der Waals surface area contributed by atoms with Crippen molar-refractivity contribution in [3.05, 3.63) is 0 Å². The van der Waals surface area contributed by atoms with Crippen molar-refractivity contribution in [3.63, 3.8) is 0 Å². The minimum atomic E-state index is -0.0477. The molecule has 0 saturated heterocycles. The molecule has 0 spiro atoms. The fraction of sp³-hybridized carbons (Fsp3) is 0.909. The summed E-state index contributed by atoms with van der Waals surface area (Å²) >= 11 is 0. The molecule has 0 heterocycles. The molecule has 0 bridgehead atoms. The molecule has 1 aliphatic carbocycles. The van der Waals surface area contributed by atoms with Gasteiger partial charge in [0.1, 0.15) is 0 Å². The highest BCUT2D eigenvalue weighted by Gasteiger charge is 2.21. The van der Waals surface area contributed by atoms with Crippen LogP contribution in [0.3, 0.4) is 0 Å². The molecule has 88 valence electrons. The van der Waals surface area contributed by atoms with Crippen molar-refractivity contribution in [2.75, 3.05) is 26.3 Å². The number of nitrogens with two attached hydrogens (primary N) is 1. The molecule has 4 nitrogen and oxygen atoms in total. The molecule has 4 heteroatoms. The maximum absolute atomic E-state index is 11.5. The van der Waals surface area contributed by atoms with Crippen LogP contribution in [0.25, 0.3) is 0 Å². The van der Waals surface area contributed by atoms with Crippen LogP contribution in [0.4, 0.5) is 0 Å². The Bertz CT molecular complexity index is 189. The highest BCUT2D eigenvalue weighted by molar-refractivity contribution is 5.78. The van der Waals surface area contributed by atoms with Crippen LogP contribution in [-0.2, 0) is 9.53 Å². The standard InChI is InChI=1S/C11H22N2O2/c1-2-10(7-12)11(14)13-5-6-15-8-9-3-4-9/h9-10H,2-8,12H2,1H3,(H,13,14). The van der Waals surface area contributed by atoms with E-state index in [1.165, 1.54) is 12.8 Å². The largest absolute Gasteiger partial charge is 0.379 e. The number of hydrogen-bond acceptors (Lipinski definition) is 3. The van der Waals surface area contributed by atoms with Crippen LogP contribution in [-0.4, -0.2) is 32.2 Å². The minimum absolute atomic E-state index is 0.0477. The SMILES string of the molecule is CCC(CN)C(=O)NCCOCC1CC1. The number of amides is 1. The van der Waals surface area contributed by atoms with Gasteiger partial charge in [-0.15, -0.1) is 0 Å². The molecule has 0 aliphatic heterocycles. The van der Waals surface area contributed by atoms with Gasteiger partial charge in [-0.3, -0.25) is 4.79 Å². The molecule has 0 aromatic rings. The lowest BCUT2D eigenvalue weighted by atomic mass is 10.1. The van der Waals surface area contributed by atoms with Crippen LogP contribution in [0.2, 0.25) is 0 Å². The predicted molar refractivity (Wildman–Crippen MR) is 59.4 cm³/mol. The second-order valence-corrected chi connectivity index (χ2v) is 4.15. The zero-order chi connectivity index (χ0) is 11.1. The first-order valence-corrected chi connectivity index (χ1v) is 5.83. The van der Waals surface area contributed by atoms with E-state index in [1.54, 1.807) is 0 Å². The Morgan fingerprint density at radius 2 is 2.33 bits per heavy atom. The average Bonchev–Trinajstić information content (AvgIpc) is 3.03. The lowest BCUT2D eigenvalue weighted by Gasteiger charge is -2.12. The Labute approximate surface area is 91.5 Å². The van der Waals surface area contributed by atoms with Gasteiger partial charge in [0.2, 0.25) is 5.91 Å². The molecule has 0 aromatic heterocycles. The van der Waals surface area contributed by atoms with Crippen LogP contribution in [0.15, 0.2) is 0 Å². The third kappa shape index (κ3) is 5.14. The van der Waals surface area contributed by atoms with E-state index < -0.39 is 0 Å². The Morgan fingerprint density at radius 1 is 1.60 bits per heavy atom. The van der Waals surface area contributed by atoms with Gasteiger partial charge in [0.25, 0.3) is 0 Å². The molecule has 1 amide bonds. The van der Waals surface area contributed by atoms with Gasteiger partial charge in [-0.2, -0.15) is 0 Å². The monoisotopic (exact) mass is 214 g/mol. The molecular formula is C11H22N2O2. The fourth-order valence-corrected chi connectivity index (χ4v) is 1.38. The van der Waals surface area contributed by atoms with E-state index in [9.17, 15) is 4.79 Å². The topological polar surface area (TPSA) is 64.4 Å². The normalized spacial score (nSPS) is 17.5. The number of carbonyl (C=O) groups excluding carboxylic acids is 1. The average molecular weight is 214 g/mol. The molecule has 1 fully saturated rings. The van der Waals surface area contributed by atoms with Crippen molar-refractivity contribution in [2.45, 2.75) is 26.2 Å².